The number of hydrogen-bond donors (Lipinski definition) is 1. The van der Waals surface area contributed by atoms with Crippen LogP contribution in [0.2, 0.25) is 0 Å². The fraction of sp³-hybridized carbons (Fsp3) is 0.167. The molecule has 1 N–H and O–H groups in total. The van der Waals surface area contributed by atoms with E-state index in [1.807, 2.05) is 0 Å². The average Bonchev–Trinajstić information content (AvgIpc) is 2.57. The number of para-hydroxylation sites is 1. The zero-order chi connectivity index (χ0) is 18.3. The molecule has 130 valence electrons. The molecule has 25 heavy (non-hydrogen) atoms. The lowest BCUT2D eigenvalue weighted by Gasteiger charge is -2.08. The van der Waals surface area contributed by atoms with E-state index < -0.39 is 30.1 Å². The van der Waals surface area contributed by atoms with Gasteiger partial charge < -0.3 is 10.1 Å². The van der Waals surface area contributed by atoms with Gasteiger partial charge in [-0.15, -0.1) is 0 Å². The van der Waals surface area contributed by atoms with Crippen molar-refractivity contribution >= 4 is 5.91 Å². The van der Waals surface area contributed by atoms with E-state index in [4.69, 9.17) is 4.74 Å². The number of rotatable bonds is 4. The first-order valence-corrected chi connectivity index (χ1v) is 7.17. The van der Waals surface area contributed by atoms with Crippen molar-refractivity contribution in [2.45, 2.75) is 6.18 Å². The lowest BCUT2D eigenvalue weighted by Crippen LogP contribution is -2.29. The molecule has 0 saturated carbocycles. The highest BCUT2D eigenvalue weighted by atomic mass is 19.4. The summed E-state index contributed by atoms with van der Waals surface area (Å²) in [7, 11) is 0. The molecular formula is C18H13F4NO2. The molecule has 0 aromatic heterocycles. The maximum Gasteiger partial charge on any atom is 0.417 e. The van der Waals surface area contributed by atoms with E-state index in [0.29, 0.717) is 0 Å². The van der Waals surface area contributed by atoms with Crippen LogP contribution in [0.25, 0.3) is 0 Å². The van der Waals surface area contributed by atoms with E-state index >= 15 is 0 Å². The molecule has 0 aliphatic rings. The number of ether oxygens (including phenoxy) is 1. The molecule has 0 bridgehead atoms. The second-order valence-corrected chi connectivity index (χ2v) is 4.84. The average molecular weight is 351 g/mol. The summed E-state index contributed by atoms with van der Waals surface area (Å²) in [5.41, 5.74) is -1.01. The Morgan fingerprint density at radius 2 is 1.76 bits per heavy atom. The summed E-state index contributed by atoms with van der Waals surface area (Å²) in [4.78, 5) is 11.6. The third kappa shape index (κ3) is 5.53. The summed E-state index contributed by atoms with van der Waals surface area (Å²) in [5, 5.41) is 2.36. The number of hydrogen-bond acceptors (Lipinski definition) is 2. The molecule has 2 aromatic carbocycles. The van der Waals surface area contributed by atoms with E-state index in [-0.39, 0.29) is 17.9 Å². The lowest BCUT2D eigenvalue weighted by molar-refractivity contribution is -0.137. The van der Waals surface area contributed by atoms with Crippen LogP contribution in [-0.4, -0.2) is 19.1 Å². The molecule has 1 amide bonds. The maximum atomic E-state index is 13.3. The Kier molecular flexibility index (Phi) is 6.01. The zero-order valence-corrected chi connectivity index (χ0v) is 12.9. The quantitative estimate of drug-likeness (QED) is 0.677. The van der Waals surface area contributed by atoms with Gasteiger partial charge in [0.15, 0.2) is 18.2 Å². The molecule has 0 heterocycles. The molecule has 0 atom stereocenters. The monoisotopic (exact) mass is 351 g/mol. The predicted octanol–water partition coefficient (Wildman–Crippen LogP) is 3.39. The third-order valence-corrected chi connectivity index (χ3v) is 3.02. The molecule has 2 aromatic rings. The van der Waals surface area contributed by atoms with Gasteiger partial charge >= 0.3 is 6.18 Å². The van der Waals surface area contributed by atoms with E-state index in [9.17, 15) is 22.4 Å². The van der Waals surface area contributed by atoms with E-state index in [0.717, 1.165) is 6.07 Å². The van der Waals surface area contributed by atoms with E-state index in [2.05, 4.69) is 17.2 Å². The van der Waals surface area contributed by atoms with Crippen molar-refractivity contribution in [2.24, 2.45) is 0 Å². The summed E-state index contributed by atoms with van der Waals surface area (Å²) in [5.74, 6) is 3.58. The number of carbonyl (C=O) groups is 1. The Morgan fingerprint density at radius 1 is 1.08 bits per heavy atom. The van der Waals surface area contributed by atoms with Crippen molar-refractivity contribution in [1.82, 2.24) is 5.32 Å². The molecule has 0 saturated heterocycles. The first-order chi connectivity index (χ1) is 11.9. The van der Waals surface area contributed by atoms with Crippen LogP contribution in [0.1, 0.15) is 11.1 Å². The van der Waals surface area contributed by atoms with Gasteiger partial charge in [-0.1, -0.05) is 36.1 Å². The second kappa shape index (κ2) is 8.20. The van der Waals surface area contributed by atoms with Crippen molar-refractivity contribution < 1.29 is 27.1 Å². The van der Waals surface area contributed by atoms with Gasteiger partial charge in [-0.05, 0) is 24.3 Å². The van der Waals surface area contributed by atoms with Crippen LogP contribution in [0.5, 0.6) is 5.75 Å². The highest BCUT2D eigenvalue weighted by Gasteiger charge is 2.32. The van der Waals surface area contributed by atoms with Gasteiger partial charge in [-0.3, -0.25) is 4.79 Å². The highest BCUT2D eigenvalue weighted by Crippen LogP contribution is 2.31. The Labute approximate surface area is 141 Å². The first kappa shape index (κ1) is 18.3. The SMILES string of the molecule is O=C(COc1ccccc1F)NCC#Cc1ccccc1C(F)(F)F. The van der Waals surface area contributed by atoms with Crippen LogP contribution >= 0.6 is 0 Å². The van der Waals surface area contributed by atoms with Crippen LogP contribution in [-0.2, 0) is 11.0 Å². The van der Waals surface area contributed by atoms with Gasteiger partial charge in [-0.2, -0.15) is 13.2 Å². The molecule has 0 unspecified atom stereocenters. The fourth-order valence-corrected chi connectivity index (χ4v) is 1.88. The van der Waals surface area contributed by atoms with Gasteiger partial charge in [0.2, 0.25) is 0 Å². The summed E-state index contributed by atoms with van der Waals surface area (Å²) in [6.07, 6.45) is -4.50. The Morgan fingerprint density at radius 3 is 2.48 bits per heavy atom. The van der Waals surface area contributed by atoms with Crippen molar-refractivity contribution in [2.75, 3.05) is 13.2 Å². The summed E-state index contributed by atoms with van der Waals surface area (Å²) >= 11 is 0. The van der Waals surface area contributed by atoms with Crippen molar-refractivity contribution in [1.29, 1.82) is 0 Å². The smallest absolute Gasteiger partial charge is 0.417 e. The number of amides is 1. The summed E-state index contributed by atoms with van der Waals surface area (Å²) in [6.45, 7) is -0.590. The van der Waals surface area contributed by atoms with Crippen LogP contribution in [0, 0.1) is 17.7 Å². The normalized spacial score (nSPS) is 10.6. The fourth-order valence-electron chi connectivity index (χ4n) is 1.88. The summed E-state index contributed by atoms with van der Waals surface area (Å²) < 4.78 is 56.7. The molecule has 3 nitrogen and oxygen atoms in total. The molecule has 0 aliphatic heterocycles. The van der Waals surface area contributed by atoms with Crippen LogP contribution in [0.4, 0.5) is 17.6 Å². The van der Waals surface area contributed by atoms with Crippen molar-refractivity contribution in [3.8, 4) is 17.6 Å². The topological polar surface area (TPSA) is 38.3 Å². The predicted molar refractivity (Wildman–Crippen MR) is 83.2 cm³/mol. The van der Waals surface area contributed by atoms with Gasteiger partial charge in [0, 0.05) is 5.56 Å². The van der Waals surface area contributed by atoms with Gasteiger partial charge in [0.1, 0.15) is 0 Å². The van der Waals surface area contributed by atoms with Gasteiger partial charge in [0.05, 0.1) is 12.1 Å². The van der Waals surface area contributed by atoms with Gasteiger partial charge in [0.25, 0.3) is 5.91 Å². The molecule has 0 aliphatic carbocycles. The first-order valence-electron chi connectivity index (χ1n) is 7.17. The molecule has 0 radical (unpaired) electrons. The molecule has 0 spiro atoms. The largest absolute Gasteiger partial charge is 0.481 e. The lowest BCUT2D eigenvalue weighted by atomic mass is 10.1. The molecule has 2 rings (SSSR count). The van der Waals surface area contributed by atoms with Crippen LogP contribution < -0.4 is 10.1 Å². The Hall–Kier alpha value is -3.01. The van der Waals surface area contributed by atoms with E-state index in [1.54, 1.807) is 6.07 Å². The number of nitrogens with one attached hydrogen (secondary N) is 1. The number of benzene rings is 2. The molecule has 0 fully saturated rings. The van der Waals surface area contributed by atoms with Gasteiger partial charge in [-0.25, -0.2) is 4.39 Å². The molecular weight excluding hydrogens is 338 g/mol. The van der Waals surface area contributed by atoms with Crippen LogP contribution in [0.3, 0.4) is 0 Å². The third-order valence-electron chi connectivity index (χ3n) is 3.02. The van der Waals surface area contributed by atoms with Crippen LogP contribution in [0.15, 0.2) is 48.5 Å². The maximum absolute atomic E-state index is 13.3. The second-order valence-electron chi connectivity index (χ2n) is 4.84. The Bertz CT molecular complexity index is 806. The minimum Gasteiger partial charge on any atom is -0.481 e. The summed E-state index contributed by atoms with van der Waals surface area (Å²) in [6, 6.07) is 10.5. The van der Waals surface area contributed by atoms with Crippen molar-refractivity contribution in [3.05, 3.63) is 65.5 Å². The minimum absolute atomic E-state index is 0.0668. The zero-order valence-electron chi connectivity index (χ0n) is 12.9. The molecule has 7 heteroatoms. The number of alkyl halides is 3. The minimum atomic E-state index is -4.50. The number of halogens is 4. The van der Waals surface area contributed by atoms with E-state index in [1.165, 1.54) is 36.4 Å². The standard InChI is InChI=1S/C18H13F4NO2/c19-15-9-3-4-10-16(15)25-12-17(24)23-11-5-7-13-6-1-2-8-14(13)18(20,21)22/h1-4,6,8-10H,11-12H2,(H,23,24). The Balaban J connectivity index is 1.87. The van der Waals surface area contributed by atoms with Crippen molar-refractivity contribution in [3.63, 3.8) is 0 Å². The highest BCUT2D eigenvalue weighted by molar-refractivity contribution is 5.77. The number of carbonyl (C=O) groups excluding carboxylic acids is 1.